The summed E-state index contributed by atoms with van der Waals surface area (Å²) in [5, 5.41) is 3.13. The molecule has 3 N–H and O–H groups in total. The third kappa shape index (κ3) is 4.27. The Morgan fingerprint density at radius 3 is 2.68 bits per heavy atom. The highest BCUT2D eigenvalue weighted by Crippen LogP contribution is 2.31. The van der Waals surface area contributed by atoms with Crippen LogP contribution in [0.25, 0.3) is 0 Å². The monoisotopic (exact) mass is 429 g/mol. The van der Waals surface area contributed by atoms with Gasteiger partial charge in [0, 0.05) is 19.6 Å². The van der Waals surface area contributed by atoms with Crippen LogP contribution in [-0.4, -0.2) is 45.4 Å². The van der Waals surface area contributed by atoms with E-state index in [2.05, 4.69) is 5.32 Å². The number of carbonyl (C=O) groups is 1. The van der Waals surface area contributed by atoms with E-state index in [9.17, 15) is 17.6 Å². The van der Waals surface area contributed by atoms with E-state index in [0.29, 0.717) is 18.7 Å². The first-order valence-corrected chi connectivity index (χ1v) is 9.74. The minimum atomic E-state index is -3.95. The van der Waals surface area contributed by atoms with Gasteiger partial charge in [-0.15, -0.1) is 12.4 Å². The van der Waals surface area contributed by atoms with Crippen LogP contribution in [0, 0.1) is 5.82 Å². The van der Waals surface area contributed by atoms with Gasteiger partial charge < -0.3 is 15.8 Å². The first-order valence-electron chi connectivity index (χ1n) is 8.30. The van der Waals surface area contributed by atoms with Gasteiger partial charge in [0.1, 0.15) is 11.6 Å². The SMILES string of the molecule is COc1ccc(S(=O)(=O)N2CCNCC2c2cccc(F)c2)cc1C(N)=O.Cl. The smallest absolute Gasteiger partial charge is 0.252 e. The Morgan fingerprint density at radius 2 is 2.04 bits per heavy atom. The van der Waals surface area contributed by atoms with Crippen molar-refractivity contribution in [2.24, 2.45) is 5.73 Å². The van der Waals surface area contributed by atoms with E-state index in [1.165, 1.54) is 41.7 Å². The number of benzene rings is 2. The summed E-state index contributed by atoms with van der Waals surface area (Å²) in [4.78, 5) is 11.6. The molecule has 0 aromatic heterocycles. The molecule has 10 heteroatoms. The Labute approximate surface area is 169 Å². The predicted molar refractivity (Wildman–Crippen MR) is 105 cm³/mol. The molecule has 0 aliphatic carbocycles. The average molecular weight is 430 g/mol. The molecule has 0 radical (unpaired) electrons. The first-order chi connectivity index (χ1) is 12.8. The fourth-order valence-electron chi connectivity index (χ4n) is 3.15. The highest BCUT2D eigenvalue weighted by molar-refractivity contribution is 7.89. The number of amides is 1. The number of sulfonamides is 1. The number of halogens is 2. The largest absolute Gasteiger partial charge is 0.496 e. The number of piperazine rings is 1. The van der Waals surface area contributed by atoms with Gasteiger partial charge in [-0.1, -0.05) is 12.1 Å². The van der Waals surface area contributed by atoms with E-state index in [1.54, 1.807) is 12.1 Å². The Hall–Kier alpha value is -2.20. The van der Waals surface area contributed by atoms with Gasteiger partial charge in [0.2, 0.25) is 10.0 Å². The lowest BCUT2D eigenvalue weighted by atomic mass is 10.1. The summed E-state index contributed by atoms with van der Waals surface area (Å²) >= 11 is 0. The summed E-state index contributed by atoms with van der Waals surface area (Å²) in [6.45, 7) is 1.02. The van der Waals surface area contributed by atoms with Gasteiger partial charge in [0.15, 0.2) is 0 Å². The zero-order valence-corrected chi connectivity index (χ0v) is 16.7. The van der Waals surface area contributed by atoms with E-state index in [-0.39, 0.29) is 35.2 Å². The summed E-state index contributed by atoms with van der Waals surface area (Å²) < 4.78 is 46.5. The van der Waals surface area contributed by atoms with Gasteiger partial charge in [-0.05, 0) is 35.9 Å². The third-order valence-electron chi connectivity index (χ3n) is 4.47. The van der Waals surface area contributed by atoms with Crippen molar-refractivity contribution < 1.29 is 22.3 Å². The number of rotatable bonds is 5. The molecule has 2 aromatic rings. The Balaban J connectivity index is 0.00000280. The molecule has 0 saturated carbocycles. The molecular weight excluding hydrogens is 409 g/mol. The van der Waals surface area contributed by atoms with Crippen LogP contribution in [0.4, 0.5) is 4.39 Å². The van der Waals surface area contributed by atoms with Crippen LogP contribution in [-0.2, 0) is 10.0 Å². The number of nitrogens with zero attached hydrogens (tertiary/aromatic N) is 1. The van der Waals surface area contributed by atoms with Crippen LogP contribution >= 0.6 is 12.4 Å². The number of nitrogens with one attached hydrogen (secondary N) is 1. The molecule has 28 heavy (non-hydrogen) atoms. The van der Waals surface area contributed by atoms with E-state index in [4.69, 9.17) is 10.5 Å². The number of carbonyl (C=O) groups excluding carboxylic acids is 1. The van der Waals surface area contributed by atoms with Crippen molar-refractivity contribution in [1.82, 2.24) is 9.62 Å². The second-order valence-electron chi connectivity index (χ2n) is 6.12. The van der Waals surface area contributed by atoms with Crippen LogP contribution < -0.4 is 15.8 Å². The van der Waals surface area contributed by atoms with Gasteiger partial charge in [0.05, 0.1) is 23.6 Å². The van der Waals surface area contributed by atoms with Gasteiger partial charge in [-0.3, -0.25) is 4.79 Å². The second-order valence-corrected chi connectivity index (χ2v) is 8.01. The van der Waals surface area contributed by atoms with Crippen LogP contribution in [0.15, 0.2) is 47.4 Å². The predicted octanol–water partition coefficient (Wildman–Crippen LogP) is 1.69. The number of hydrogen-bond donors (Lipinski definition) is 2. The summed E-state index contributed by atoms with van der Waals surface area (Å²) in [5.41, 5.74) is 5.87. The van der Waals surface area contributed by atoms with Crippen molar-refractivity contribution in [1.29, 1.82) is 0 Å². The second kappa shape index (κ2) is 8.87. The van der Waals surface area contributed by atoms with Crippen molar-refractivity contribution in [2.45, 2.75) is 10.9 Å². The summed E-state index contributed by atoms with van der Waals surface area (Å²) in [5.74, 6) is -1.02. The quantitative estimate of drug-likeness (QED) is 0.753. The highest BCUT2D eigenvalue weighted by Gasteiger charge is 2.35. The molecule has 1 saturated heterocycles. The molecule has 1 aliphatic rings. The minimum Gasteiger partial charge on any atom is -0.496 e. The zero-order chi connectivity index (χ0) is 19.6. The van der Waals surface area contributed by atoms with E-state index in [1.807, 2.05) is 0 Å². The van der Waals surface area contributed by atoms with Crippen molar-refractivity contribution in [3.8, 4) is 5.75 Å². The van der Waals surface area contributed by atoms with Crippen LogP contribution in [0.5, 0.6) is 5.75 Å². The Bertz CT molecular complexity index is 971. The Kier molecular flexibility index (Phi) is 7.00. The van der Waals surface area contributed by atoms with E-state index in [0.717, 1.165) is 0 Å². The van der Waals surface area contributed by atoms with Crippen molar-refractivity contribution in [3.63, 3.8) is 0 Å². The van der Waals surface area contributed by atoms with Crippen LogP contribution in [0.2, 0.25) is 0 Å². The topological polar surface area (TPSA) is 102 Å². The van der Waals surface area contributed by atoms with Crippen molar-refractivity contribution in [2.75, 3.05) is 26.7 Å². The fourth-order valence-corrected chi connectivity index (χ4v) is 4.79. The lowest BCUT2D eigenvalue weighted by Crippen LogP contribution is -2.48. The molecule has 1 atom stereocenters. The normalized spacial score (nSPS) is 17.6. The van der Waals surface area contributed by atoms with E-state index >= 15 is 0 Å². The maximum absolute atomic E-state index is 13.6. The highest BCUT2D eigenvalue weighted by atomic mass is 35.5. The van der Waals surface area contributed by atoms with Gasteiger partial charge in [-0.25, -0.2) is 12.8 Å². The average Bonchev–Trinajstić information content (AvgIpc) is 2.67. The molecule has 1 fully saturated rings. The number of primary amides is 1. The molecule has 1 amide bonds. The molecule has 2 aromatic carbocycles. The van der Waals surface area contributed by atoms with Gasteiger partial charge in [0.25, 0.3) is 5.91 Å². The Morgan fingerprint density at radius 1 is 1.29 bits per heavy atom. The fraction of sp³-hybridized carbons (Fsp3) is 0.278. The number of nitrogens with two attached hydrogens (primary N) is 1. The molecule has 0 spiro atoms. The number of ether oxygens (including phenoxy) is 1. The first kappa shape index (κ1) is 22.1. The number of hydrogen-bond acceptors (Lipinski definition) is 5. The maximum atomic E-state index is 13.6. The molecular formula is C18H21ClFN3O4S. The molecule has 7 nitrogen and oxygen atoms in total. The summed E-state index contributed by atoms with van der Waals surface area (Å²) in [7, 11) is -2.58. The lowest BCUT2D eigenvalue weighted by Gasteiger charge is -2.35. The minimum absolute atomic E-state index is 0. The van der Waals surface area contributed by atoms with Crippen LogP contribution in [0.3, 0.4) is 0 Å². The van der Waals surface area contributed by atoms with Crippen LogP contribution in [0.1, 0.15) is 22.0 Å². The molecule has 1 unspecified atom stereocenters. The maximum Gasteiger partial charge on any atom is 0.252 e. The number of methoxy groups -OCH3 is 1. The summed E-state index contributed by atoms with van der Waals surface area (Å²) in [6, 6.07) is 9.26. The molecule has 1 aliphatic heterocycles. The van der Waals surface area contributed by atoms with Gasteiger partial charge in [-0.2, -0.15) is 4.31 Å². The zero-order valence-electron chi connectivity index (χ0n) is 15.1. The molecule has 3 rings (SSSR count). The lowest BCUT2D eigenvalue weighted by molar-refractivity contribution is 0.0997. The van der Waals surface area contributed by atoms with Crippen molar-refractivity contribution in [3.05, 3.63) is 59.4 Å². The standard InChI is InChI=1S/C18H20FN3O4S.ClH/c1-26-17-6-5-14(10-15(17)18(20)23)27(24,25)22-8-7-21-11-16(22)12-3-2-4-13(19)9-12;/h2-6,9-10,16,21H,7-8,11H2,1H3,(H2,20,23);1H. The summed E-state index contributed by atoms with van der Waals surface area (Å²) in [6.07, 6.45) is 0. The van der Waals surface area contributed by atoms with Crippen molar-refractivity contribution >= 4 is 28.3 Å². The van der Waals surface area contributed by atoms with E-state index < -0.39 is 27.8 Å². The third-order valence-corrected chi connectivity index (χ3v) is 6.37. The molecule has 0 bridgehead atoms. The molecule has 152 valence electrons. The van der Waals surface area contributed by atoms with Gasteiger partial charge >= 0.3 is 0 Å². The molecule has 1 heterocycles.